The van der Waals surface area contributed by atoms with E-state index in [0.29, 0.717) is 22.0 Å². The van der Waals surface area contributed by atoms with Crippen LogP contribution in [-0.4, -0.2) is 47.9 Å². The summed E-state index contributed by atoms with van der Waals surface area (Å²) in [5.41, 5.74) is 0.698. The topological polar surface area (TPSA) is 93.1 Å². The first-order valence-electron chi connectivity index (χ1n) is 7.15. The molecule has 0 unspecified atom stereocenters. The van der Waals surface area contributed by atoms with Crippen molar-refractivity contribution in [3.05, 3.63) is 28.7 Å². The Morgan fingerprint density at radius 1 is 1.25 bits per heavy atom. The maximum Gasteiger partial charge on any atom is 0.303 e. The largest absolute Gasteiger partial charge is 0.493 e. The summed E-state index contributed by atoms with van der Waals surface area (Å²) in [5.74, 6) is -0.281. The van der Waals surface area contributed by atoms with Crippen LogP contribution >= 0.6 is 11.8 Å². The van der Waals surface area contributed by atoms with Gasteiger partial charge in [-0.25, -0.2) is 0 Å². The molecule has 1 aliphatic heterocycles. The second-order valence-corrected chi connectivity index (χ2v) is 5.94. The van der Waals surface area contributed by atoms with E-state index in [0.717, 1.165) is 16.7 Å². The van der Waals surface area contributed by atoms with E-state index in [4.69, 9.17) is 14.6 Å². The van der Waals surface area contributed by atoms with Gasteiger partial charge in [-0.05, 0) is 42.0 Å². The van der Waals surface area contributed by atoms with Gasteiger partial charge in [-0.3, -0.25) is 19.3 Å². The second kappa shape index (κ2) is 7.87. The maximum absolute atomic E-state index is 12.3. The van der Waals surface area contributed by atoms with Crippen LogP contribution in [-0.2, 0) is 9.59 Å². The minimum atomic E-state index is -0.956. The third-order valence-electron chi connectivity index (χ3n) is 3.35. The van der Waals surface area contributed by atoms with Crippen molar-refractivity contribution in [3.8, 4) is 11.5 Å². The van der Waals surface area contributed by atoms with Gasteiger partial charge < -0.3 is 14.6 Å². The summed E-state index contributed by atoms with van der Waals surface area (Å²) in [6, 6.07) is 5.17. The number of amides is 2. The quantitative estimate of drug-likeness (QED) is 0.755. The van der Waals surface area contributed by atoms with Crippen molar-refractivity contribution in [2.24, 2.45) is 0 Å². The third-order valence-corrected chi connectivity index (χ3v) is 4.26. The van der Waals surface area contributed by atoms with Gasteiger partial charge in [0.05, 0.1) is 19.1 Å². The number of hydrogen-bond acceptors (Lipinski definition) is 6. The Labute approximate surface area is 143 Å². The molecular weight excluding hydrogens is 334 g/mol. The lowest BCUT2D eigenvalue weighted by molar-refractivity contribution is -0.137. The minimum Gasteiger partial charge on any atom is -0.493 e. The molecule has 1 aromatic rings. The normalized spacial score (nSPS) is 15.9. The zero-order valence-corrected chi connectivity index (χ0v) is 14.1. The van der Waals surface area contributed by atoms with Gasteiger partial charge in [0.15, 0.2) is 11.5 Å². The Hall–Kier alpha value is -2.48. The SMILES string of the molecule is COc1ccc(C=C2SC(=O)N(CCCC(=O)O)C2=O)cc1OC. The van der Waals surface area contributed by atoms with E-state index >= 15 is 0 Å². The molecule has 7 nitrogen and oxygen atoms in total. The number of rotatable bonds is 7. The summed E-state index contributed by atoms with van der Waals surface area (Å²) in [7, 11) is 3.04. The number of carbonyl (C=O) groups excluding carboxylic acids is 2. The zero-order valence-electron chi connectivity index (χ0n) is 13.3. The van der Waals surface area contributed by atoms with E-state index in [1.807, 2.05) is 0 Å². The Balaban J connectivity index is 2.14. The monoisotopic (exact) mass is 351 g/mol. The molecule has 2 amide bonds. The van der Waals surface area contributed by atoms with Crippen molar-refractivity contribution in [1.82, 2.24) is 4.90 Å². The molecule has 0 atom stereocenters. The Kier molecular flexibility index (Phi) is 5.86. The fourth-order valence-electron chi connectivity index (χ4n) is 2.18. The molecule has 0 aromatic heterocycles. The van der Waals surface area contributed by atoms with Gasteiger partial charge in [-0.15, -0.1) is 0 Å². The summed E-state index contributed by atoms with van der Waals surface area (Å²) in [5, 5.41) is 8.24. The minimum absolute atomic E-state index is 0.0869. The summed E-state index contributed by atoms with van der Waals surface area (Å²) in [4.78, 5) is 36.1. The van der Waals surface area contributed by atoms with Crippen LogP contribution in [0.25, 0.3) is 6.08 Å². The van der Waals surface area contributed by atoms with Gasteiger partial charge in [-0.1, -0.05) is 6.07 Å². The van der Waals surface area contributed by atoms with E-state index in [2.05, 4.69) is 0 Å². The summed E-state index contributed by atoms with van der Waals surface area (Å²) in [6.45, 7) is 0.0975. The zero-order chi connectivity index (χ0) is 17.7. The first-order chi connectivity index (χ1) is 11.5. The molecule has 0 aliphatic carbocycles. The van der Waals surface area contributed by atoms with Crippen LogP contribution in [0.5, 0.6) is 11.5 Å². The molecule has 0 bridgehead atoms. The third kappa shape index (κ3) is 4.08. The molecular formula is C16H17NO6S. The van der Waals surface area contributed by atoms with Crippen molar-refractivity contribution in [1.29, 1.82) is 0 Å². The first-order valence-corrected chi connectivity index (χ1v) is 7.97. The summed E-state index contributed by atoms with van der Waals surface area (Å²) in [6.07, 6.45) is 1.75. The lowest BCUT2D eigenvalue weighted by Gasteiger charge is -2.11. The average Bonchev–Trinajstić information content (AvgIpc) is 2.81. The highest BCUT2D eigenvalue weighted by atomic mass is 32.2. The molecule has 1 N–H and O–H groups in total. The number of aliphatic carboxylic acids is 1. The van der Waals surface area contributed by atoms with Crippen molar-refractivity contribution in [2.75, 3.05) is 20.8 Å². The van der Waals surface area contributed by atoms with E-state index in [-0.39, 0.29) is 19.4 Å². The van der Waals surface area contributed by atoms with E-state index in [9.17, 15) is 14.4 Å². The van der Waals surface area contributed by atoms with Crippen LogP contribution in [0, 0.1) is 0 Å². The van der Waals surface area contributed by atoms with Crippen LogP contribution in [0.4, 0.5) is 4.79 Å². The molecule has 1 fully saturated rings. The van der Waals surface area contributed by atoms with Gasteiger partial charge in [0, 0.05) is 13.0 Å². The van der Waals surface area contributed by atoms with Crippen molar-refractivity contribution in [3.63, 3.8) is 0 Å². The van der Waals surface area contributed by atoms with Crippen molar-refractivity contribution in [2.45, 2.75) is 12.8 Å². The van der Waals surface area contributed by atoms with Crippen LogP contribution in [0.3, 0.4) is 0 Å². The molecule has 2 rings (SSSR count). The second-order valence-electron chi connectivity index (χ2n) is 4.95. The highest BCUT2D eigenvalue weighted by Crippen LogP contribution is 2.34. The van der Waals surface area contributed by atoms with Gasteiger partial charge >= 0.3 is 5.97 Å². The van der Waals surface area contributed by atoms with Gasteiger partial charge in [0.1, 0.15) is 0 Å². The predicted molar refractivity (Wildman–Crippen MR) is 89.1 cm³/mol. The van der Waals surface area contributed by atoms with Crippen LogP contribution in [0.2, 0.25) is 0 Å². The van der Waals surface area contributed by atoms with Crippen molar-refractivity contribution >= 4 is 35.0 Å². The summed E-state index contributed by atoms with van der Waals surface area (Å²) < 4.78 is 10.4. The molecule has 1 aromatic carbocycles. The molecule has 0 saturated carbocycles. The standard InChI is InChI=1S/C16H17NO6S/c1-22-11-6-5-10(8-12(11)23-2)9-13-15(20)17(16(21)24-13)7-3-4-14(18)19/h5-6,8-9H,3-4,7H2,1-2H3,(H,18,19). The van der Waals surface area contributed by atoms with E-state index in [1.165, 1.54) is 14.2 Å². The molecule has 24 heavy (non-hydrogen) atoms. The van der Waals surface area contributed by atoms with E-state index < -0.39 is 17.1 Å². The van der Waals surface area contributed by atoms with Gasteiger partial charge in [0.25, 0.3) is 11.1 Å². The molecule has 1 saturated heterocycles. The highest BCUT2D eigenvalue weighted by Gasteiger charge is 2.34. The van der Waals surface area contributed by atoms with Crippen LogP contribution in [0.1, 0.15) is 18.4 Å². The van der Waals surface area contributed by atoms with E-state index in [1.54, 1.807) is 24.3 Å². The molecule has 8 heteroatoms. The highest BCUT2D eigenvalue weighted by molar-refractivity contribution is 8.18. The van der Waals surface area contributed by atoms with Gasteiger partial charge in [-0.2, -0.15) is 0 Å². The number of imide groups is 1. The number of methoxy groups -OCH3 is 2. The lowest BCUT2D eigenvalue weighted by Crippen LogP contribution is -2.29. The summed E-state index contributed by atoms with van der Waals surface area (Å²) >= 11 is 0.838. The molecule has 0 spiro atoms. The average molecular weight is 351 g/mol. The van der Waals surface area contributed by atoms with Crippen LogP contribution < -0.4 is 9.47 Å². The number of carboxylic acids is 1. The number of hydrogen-bond donors (Lipinski definition) is 1. The number of ether oxygens (including phenoxy) is 2. The number of thioether (sulfide) groups is 1. The number of nitrogens with zero attached hydrogens (tertiary/aromatic N) is 1. The lowest BCUT2D eigenvalue weighted by atomic mass is 10.2. The van der Waals surface area contributed by atoms with Crippen molar-refractivity contribution < 1.29 is 29.0 Å². The number of benzene rings is 1. The van der Waals surface area contributed by atoms with Gasteiger partial charge in [0.2, 0.25) is 0 Å². The molecule has 0 radical (unpaired) electrons. The number of carboxylic acid groups (broad SMARTS) is 1. The molecule has 1 aliphatic rings. The fraction of sp³-hybridized carbons (Fsp3) is 0.312. The Bertz CT molecular complexity index is 700. The maximum atomic E-state index is 12.3. The number of carbonyl (C=O) groups is 3. The van der Waals surface area contributed by atoms with Crippen LogP contribution in [0.15, 0.2) is 23.1 Å². The Morgan fingerprint density at radius 3 is 2.58 bits per heavy atom. The Morgan fingerprint density at radius 2 is 1.96 bits per heavy atom. The molecule has 1 heterocycles. The molecule has 128 valence electrons. The predicted octanol–water partition coefficient (Wildman–Crippen LogP) is 2.60. The fourth-order valence-corrected chi connectivity index (χ4v) is 3.04. The smallest absolute Gasteiger partial charge is 0.303 e. The first kappa shape index (κ1) is 17.9.